The molecule has 2 aliphatic heterocycles. The minimum atomic E-state index is -0.335. The highest BCUT2D eigenvalue weighted by atomic mass is 19.1. The van der Waals surface area contributed by atoms with Crippen LogP contribution in [0.3, 0.4) is 0 Å². The third kappa shape index (κ3) is 5.07. The zero-order valence-electron chi connectivity index (χ0n) is 18.3. The minimum Gasteiger partial charge on any atom is -0.375 e. The lowest BCUT2D eigenvalue weighted by molar-refractivity contribution is -0.122. The number of halogens is 1. The van der Waals surface area contributed by atoms with Crippen molar-refractivity contribution in [2.24, 2.45) is 5.92 Å². The Hall–Kier alpha value is -3.00. The number of piperidine rings is 1. The molecule has 3 heterocycles. The van der Waals surface area contributed by atoms with Crippen LogP contribution in [-0.4, -0.2) is 53.7 Å². The molecule has 0 bridgehead atoms. The lowest BCUT2D eigenvalue weighted by Crippen LogP contribution is -2.52. The molecule has 2 fully saturated rings. The van der Waals surface area contributed by atoms with Crippen molar-refractivity contribution in [2.75, 3.05) is 31.6 Å². The topological polar surface area (TPSA) is 83.6 Å². The van der Waals surface area contributed by atoms with E-state index >= 15 is 0 Å². The molecular formula is C24H29FN4O3. The third-order valence-electron chi connectivity index (χ3n) is 6.56. The maximum atomic E-state index is 13.7. The fourth-order valence-corrected chi connectivity index (χ4v) is 4.55. The van der Waals surface area contributed by atoms with Gasteiger partial charge in [-0.3, -0.25) is 9.78 Å². The molecule has 0 aliphatic carbocycles. The van der Waals surface area contributed by atoms with E-state index in [4.69, 9.17) is 4.74 Å². The van der Waals surface area contributed by atoms with Gasteiger partial charge in [-0.2, -0.15) is 0 Å². The molecule has 170 valence electrons. The third-order valence-corrected chi connectivity index (χ3v) is 6.56. The smallest absolute Gasteiger partial charge is 0.321 e. The SMILES string of the molecule is Cc1c(F)cccc1NC(=O)N1CCC2(CC1)CC(CNC(=O)c1ccncc1)CCO2. The number of likely N-dealkylation sites (tertiary alicyclic amines) is 1. The molecule has 0 radical (unpaired) electrons. The van der Waals surface area contributed by atoms with E-state index in [-0.39, 0.29) is 23.4 Å². The lowest BCUT2D eigenvalue weighted by Gasteiger charge is -2.46. The maximum absolute atomic E-state index is 13.7. The number of pyridine rings is 1. The van der Waals surface area contributed by atoms with Crippen LogP contribution in [0.15, 0.2) is 42.7 Å². The summed E-state index contributed by atoms with van der Waals surface area (Å²) < 4.78 is 19.9. The van der Waals surface area contributed by atoms with E-state index in [0.717, 1.165) is 25.7 Å². The van der Waals surface area contributed by atoms with Crippen molar-refractivity contribution in [2.45, 2.75) is 38.2 Å². The van der Waals surface area contributed by atoms with Crippen LogP contribution >= 0.6 is 0 Å². The van der Waals surface area contributed by atoms with Crippen molar-refractivity contribution < 1.29 is 18.7 Å². The first-order valence-electron chi connectivity index (χ1n) is 11.1. The van der Waals surface area contributed by atoms with Gasteiger partial charge in [0.2, 0.25) is 0 Å². The Labute approximate surface area is 187 Å². The second-order valence-corrected chi connectivity index (χ2v) is 8.67. The summed E-state index contributed by atoms with van der Waals surface area (Å²) in [4.78, 5) is 30.7. The summed E-state index contributed by atoms with van der Waals surface area (Å²) in [5, 5.41) is 5.85. The maximum Gasteiger partial charge on any atom is 0.321 e. The van der Waals surface area contributed by atoms with E-state index in [1.165, 1.54) is 6.07 Å². The molecule has 1 spiro atoms. The summed E-state index contributed by atoms with van der Waals surface area (Å²) in [6.45, 7) is 4.08. The van der Waals surface area contributed by atoms with E-state index in [1.54, 1.807) is 48.5 Å². The molecule has 2 aromatic rings. The number of nitrogens with one attached hydrogen (secondary N) is 2. The van der Waals surface area contributed by atoms with Gasteiger partial charge in [0.1, 0.15) is 5.82 Å². The predicted molar refractivity (Wildman–Crippen MR) is 119 cm³/mol. The first-order valence-corrected chi connectivity index (χ1v) is 11.1. The zero-order chi connectivity index (χ0) is 22.6. The molecule has 8 heteroatoms. The number of amides is 3. The number of rotatable bonds is 4. The Bertz CT molecular complexity index is 961. The average Bonchev–Trinajstić information content (AvgIpc) is 2.81. The normalized spacial score (nSPS) is 20.1. The van der Waals surface area contributed by atoms with Gasteiger partial charge in [-0.15, -0.1) is 0 Å². The standard InChI is InChI=1S/C24H29FN4O3/c1-17-20(25)3-2-4-21(17)28-23(31)29-12-8-24(9-13-29)15-18(7-14-32-24)16-27-22(30)19-5-10-26-11-6-19/h2-6,10-11,18H,7-9,12-16H2,1H3,(H,27,30)(H,28,31). The number of hydrogen-bond acceptors (Lipinski definition) is 4. The molecule has 0 saturated carbocycles. The van der Waals surface area contributed by atoms with E-state index in [9.17, 15) is 14.0 Å². The molecule has 4 rings (SSSR count). The van der Waals surface area contributed by atoms with Crippen LogP contribution < -0.4 is 10.6 Å². The molecule has 2 saturated heterocycles. The Balaban J connectivity index is 1.28. The molecular weight excluding hydrogens is 411 g/mol. The summed E-state index contributed by atoms with van der Waals surface area (Å²) in [6.07, 6.45) is 6.48. The summed E-state index contributed by atoms with van der Waals surface area (Å²) >= 11 is 0. The first kappa shape index (κ1) is 22.2. The Morgan fingerprint density at radius 3 is 2.72 bits per heavy atom. The number of carbonyl (C=O) groups excluding carboxylic acids is 2. The van der Waals surface area contributed by atoms with E-state index in [0.29, 0.717) is 49.0 Å². The van der Waals surface area contributed by atoms with E-state index in [1.807, 2.05) is 0 Å². The number of benzene rings is 1. The molecule has 32 heavy (non-hydrogen) atoms. The summed E-state index contributed by atoms with van der Waals surface area (Å²) in [7, 11) is 0. The van der Waals surface area contributed by atoms with E-state index < -0.39 is 0 Å². The highest BCUT2D eigenvalue weighted by Crippen LogP contribution is 2.37. The predicted octanol–water partition coefficient (Wildman–Crippen LogP) is 3.75. The van der Waals surface area contributed by atoms with Gasteiger partial charge in [0.05, 0.1) is 5.60 Å². The van der Waals surface area contributed by atoms with Crippen LogP contribution in [0.1, 0.15) is 41.6 Å². The van der Waals surface area contributed by atoms with Gasteiger partial charge in [0.25, 0.3) is 5.91 Å². The number of urea groups is 1. The second kappa shape index (κ2) is 9.65. The highest BCUT2D eigenvalue weighted by molar-refractivity contribution is 5.94. The summed E-state index contributed by atoms with van der Waals surface area (Å²) in [5.41, 5.74) is 1.28. The van der Waals surface area contributed by atoms with Crippen LogP contribution in [-0.2, 0) is 4.74 Å². The van der Waals surface area contributed by atoms with Crippen molar-refractivity contribution in [3.05, 3.63) is 59.7 Å². The number of aromatic nitrogens is 1. The van der Waals surface area contributed by atoms with Crippen LogP contribution in [0, 0.1) is 18.7 Å². The molecule has 1 atom stereocenters. The fraction of sp³-hybridized carbons (Fsp3) is 0.458. The van der Waals surface area contributed by atoms with E-state index in [2.05, 4.69) is 15.6 Å². The number of nitrogens with zero attached hydrogens (tertiary/aromatic N) is 2. The van der Waals surface area contributed by atoms with Crippen LogP contribution in [0.5, 0.6) is 0 Å². The minimum absolute atomic E-state index is 0.0907. The molecule has 2 N–H and O–H groups in total. The number of hydrogen-bond donors (Lipinski definition) is 2. The van der Waals surface area contributed by atoms with Crippen molar-refractivity contribution in [3.8, 4) is 0 Å². The second-order valence-electron chi connectivity index (χ2n) is 8.67. The van der Waals surface area contributed by atoms with Gasteiger partial charge in [0, 0.05) is 55.4 Å². The van der Waals surface area contributed by atoms with Crippen molar-refractivity contribution >= 4 is 17.6 Å². The molecule has 7 nitrogen and oxygen atoms in total. The lowest BCUT2D eigenvalue weighted by atomic mass is 9.79. The van der Waals surface area contributed by atoms with Gasteiger partial charge in [-0.05, 0) is 62.8 Å². The monoisotopic (exact) mass is 440 g/mol. The zero-order valence-corrected chi connectivity index (χ0v) is 18.3. The fourth-order valence-electron chi connectivity index (χ4n) is 4.55. The Kier molecular flexibility index (Phi) is 6.69. The largest absolute Gasteiger partial charge is 0.375 e. The number of ether oxygens (including phenoxy) is 1. The molecule has 2 aliphatic rings. The van der Waals surface area contributed by atoms with Gasteiger partial charge in [-0.25, -0.2) is 9.18 Å². The van der Waals surface area contributed by atoms with Crippen molar-refractivity contribution in [3.63, 3.8) is 0 Å². The van der Waals surface area contributed by atoms with Crippen molar-refractivity contribution in [1.29, 1.82) is 0 Å². The summed E-state index contributed by atoms with van der Waals surface area (Å²) in [6, 6.07) is 7.86. The van der Waals surface area contributed by atoms with Gasteiger partial charge >= 0.3 is 6.03 Å². The van der Waals surface area contributed by atoms with Crippen molar-refractivity contribution in [1.82, 2.24) is 15.2 Å². The Morgan fingerprint density at radius 1 is 1.22 bits per heavy atom. The average molecular weight is 441 g/mol. The van der Waals surface area contributed by atoms with Gasteiger partial charge < -0.3 is 20.3 Å². The molecule has 1 aromatic heterocycles. The van der Waals surface area contributed by atoms with Crippen LogP contribution in [0.2, 0.25) is 0 Å². The van der Waals surface area contributed by atoms with Gasteiger partial charge in [-0.1, -0.05) is 6.07 Å². The number of carbonyl (C=O) groups is 2. The Morgan fingerprint density at radius 2 is 1.97 bits per heavy atom. The molecule has 3 amide bonds. The summed E-state index contributed by atoms with van der Waals surface area (Å²) in [5.74, 6) is -0.0880. The first-order chi connectivity index (χ1) is 15.5. The quantitative estimate of drug-likeness (QED) is 0.759. The van der Waals surface area contributed by atoms with Crippen LogP contribution in [0.4, 0.5) is 14.9 Å². The number of anilines is 1. The van der Waals surface area contributed by atoms with Gasteiger partial charge in [0.15, 0.2) is 0 Å². The molecule has 1 aromatic carbocycles. The van der Waals surface area contributed by atoms with Crippen LogP contribution in [0.25, 0.3) is 0 Å². The molecule has 1 unspecified atom stereocenters. The highest BCUT2D eigenvalue weighted by Gasteiger charge is 2.41.